The highest BCUT2D eigenvalue weighted by atomic mass is 32.2. The first-order chi connectivity index (χ1) is 9.81. The Morgan fingerprint density at radius 2 is 1.95 bits per heavy atom. The smallest absolute Gasteiger partial charge is 0.243 e. The van der Waals surface area contributed by atoms with Crippen molar-refractivity contribution in [1.82, 2.24) is 4.72 Å². The molecule has 0 bridgehead atoms. The molecule has 3 N–H and O–H groups in total. The molecule has 0 amide bonds. The van der Waals surface area contributed by atoms with Crippen LogP contribution in [0.2, 0.25) is 0 Å². The Bertz CT molecular complexity index is 616. The summed E-state index contributed by atoms with van der Waals surface area (Å²) in [6.45, 7) is 2.84. The third-order valence-electron chi connectivity index (χ3n) is 3.62. The fourth-order valence-corrected chi connectivity index (χ4v) is 3.83. The van der Waals surface area contributed by atoms with Crippen LogP contribution in [-0.4, -0.2) is 27.7 Å². The second kappa shape index (κ2) is 6.25. The number of anilines is 1. The summed E-state index contributed by atoms with van der Waals surface area (Å²) in [5.74, 6) is -2.60. The van der Waals surface area contributed by atoms with Crippen LogP contribution in [0.1, 0.15) is 19.8 Å². The molecule has 1 aromatic carbocycles. The number of nitrogens with two attached hydrogens (primary N) is 1. The van der Waals surface area contributed by atoms with Gasteiger partial charge in [0.15, 0.2) is 11.6 Å². The third-order valence-corrected chi connectivity index (χ3v) is 5.18. The molecular weight excluding hydrogens is 302 g/mol. The molecule has 8 heteroatoms. The maximum atomic E-state index is 13.7. The van der Waals surface area contributed by atoms with Crippen molar-refractivity contribution in [3.63, 3.8) is 0 Å². The number of sulfonamides is 1. The van der Waals surface area contributed by atoms with E-state index in [-0.39, 0.29) is 11.6 Å². The maximum absolute atomic E-state index is 13.7. The van der Waals surface area contributed by atoms with Crippen molar-refractivity contribution in [1.29, 1.82) is 0 Å². The number of halogens is 2. The first-order valence-electron chi connectivity index (χ1n) is 6.66. The van der Waals surface area contributed by atoms with Crippen molar-refractivity contribution in [3.8, 4) is 0 Å². The largest absolute Gasteiger partial charge is 0.399 e. The van der Waals surface area contributed by atoms with Crippen molar-refractivity contribution in [2.45, 2.75) is 30.7 Å². The van der Waals surface area contributed by atoms with Crippen molar-refractivity contribution >= 4 is 15.7 Å². The van der Waals surface area contributed by atoms with Crippen molar-refractivity contribution in [3.05, 3.63) is 23.8 Å². The van der Waals surface area contributed by atoms with Gasteiger partial charge < -0.3 is 10.5 Å². The SMILES string of the molecule is CC(NS(=O)(=O)c1cc(N)cc(F)c1F)C1CCOCC1. The number of nitrogens with one attached hydrogen (secondary N) is 1. The van der Waals surface area contributed by atoms with E-state index in [1.807, 2.05) is 0 Å². The van der Waals surface area contributed by atoms with Gasteiger partial charge in [-0.25, -0.2) is 21.9 Å². The minimum atomic E-state index is -4.17. The molecule has 21 heavy (non-hydrogen) atoms. The quantitative estimate of drug-likeness (QED) is 0.826. The Morgan fingerprint density at radius 3 is 2.57 bits per heavy atom. The van der Waals surface area contributed by atoms with Crippen LogP contribution >= 0.6 is 0 Å². The normalized spacial score (nSPS) is 18.6. The van der Waals surface area contributed by atoms with E-state index in [1.165, 1.54) is 0 Å². The summed E-state index contributed by atoms with van der Waals surface area (Å²) >= 11 is 0. The predicted molar refractivity (Wildman–Crippen MR) is 74.1 cm³/mol. The fraction of sp³-hybridized carbons (Fsp3) is 0.538. The molecule has 0 spiro atoms. The minimum Gasteiger partial charge on any atom is -0.399 e. The highest BCUT2D eigenvalue weighted by molar-refractivity contribution is 7.89. The Balaban J connectivity index is 2.22. The van der Waals surface area contributed by atoms with Gasteiger partial charge in [0, 0.05) is 24.9 Å². The molecule has 0 aliphatic carbocycles. The van der Waals surface area contributed by atoms with Crippen LogP contribution in [0.25, 0.3) is 0 Å². The van der Waals surface area contributed by atoms with Gasteiger partial charge in [0.05, 0.1) is 0 Å². The van der Waals surface area contributed by atoms with E-state index in [9.17, 15) is 17.2 Å². The second-order valence-electron chi connectivity index (χ2n) is 5.17. The lowest BCUT2D eigenvalue weighted by atomic mass is 9.94. The number of benzene rings is 1. The van der Waals surface area contributed by atoms with Gasteiger partial charge in [-0.2, -0.15) is 0 Å². The number of nitrogen functional groups attached to an aromatic ring is 1. The lowest BCUT2D eigenvalue weighted by Crippen LogP contribution is -2.40. The van der Waals surface area contributed by atoms with E-state index in [2.05, 4.69) is 4.72 Å². The van der Waals surface area contributed by atoms with Crippen molar-refractivity contribution in [2.24, 2.45) is 5.92 Å². The molecule has 1 unspecified atom stereocenters. The standard InChI is InChI=1S/C13H18F2N2O3S/c1-8(9-2-4-20-5-3-9)17-21(18,19)12-7-10(16)6-11(14)13(12)15/h6-9,17H,2-5,16H2,1H3. The molecule has 0 radical (unpaired) electrons. The topological polar surface area (TPSA) is 81.4 Å². The molecule has 1 saturated heterocycles. The van der Waals surface area contributed by atoms with Crippen molar-refractivity contribution < 1.29 is 21.9 Å². The molecule has 1 fully saturated rings. The van der Waals surface area contributed by atoms with E-state index < -0.39 is 32.6 Å². The summed E-state index contributed by atoms with van der Waals surface area (Å²) in [6.07, 6.45) is 1.44. The molecule has 1 aromatic rings. The van der Waals surface area contributed by atoms with Crippen LogP contribution in [0.3, 0.4) is 0 Å². The number of hydrogen-bond acceptors (Lipinski definition) is 4. The first-order valence-corrected chi connectivity index (χ1v) is 8.14. The van der Waals surface area contributed by atoms with Gasteiger partial charge in [-0.15, -0.1) is 0 Å². The summed E-state index contributed by atoms with van der Waals surface area (Å²) in [6, 6.07) is 1.26. The Hall–Kier alpha value is -1.25. The molecule has 1 atom stereocenters. The van der Waals surface area contributed by atoms with Gasteiger partial charge in [0.1, 0.15) is 4.90 Å². The number of hydrogen-bond donors (Lipinski definition) is 2. The minimum absolute atomic E-state index is 0.0995. The van der Waals surface area contributed by atoms with Gasteiger partial charge in [-0.3, -0.25) is 0 Å². The van der Waals surface area contributed by atoms with Crippen LogP contribution in [-0.2, 0) is 14.8 Å². The zero-order chi connectivity index (χ0) is 15.6. The van der Waals surface area contributed by atoms with Gasteiger partial charge >= 0.3 is 0 Å². The molecule has 0 saturated carbocycles. The Labute approximate surface area is 122 Å². The molecule has 5 nitrogen and oxygen atoms in total. The van der Waals surface area contributed by atoms with Gasteiger partial charge in [0.2, 0.25) is 10.0 Å². The average molecular weight is 320 g/mol. The van der Waals surface area contributed by atoms with Crippen molar-refractivity contribution in [2.75, 3.05) is 18.9 Å². The van der Waals surface area contributed by atoms with Crippen LogP contribution in [0, 0.1) is 17.6 Å². The summed E-state index contributed by atoms with van der Waals surface area (Å²) in [7, 11) is -4.17. The molecule has 1 aliphatic heterocycles. The molecule has 1 aliphatic rings. The van der Waals surface area contributed by atoms with Gasteiger partial charge in [-0.05, 0) is 37.8 Å². The zero-order valence-electron chi connectivity index (χ0n) is 11.6. The van der Waals surface area contributed by atoms with Gasteiger partial charge in [-0.1, -0.05) is 0 Å². The van der Waals surface area contributed by atoms with Gasteiger partial charge in [0.25, 0.3) is 0 Å². The van der Waals surface area contributed by atoms with E-state index >= 15 is 0 Å². The number of rotatable bonds is 4. The van der Waals surface area contributed by atoms with E-state index in [4.69, 9.17) is 10.5 Å². The third kappa shape index (κ3) is 3.69. The highest BCUT2D eigenvalue weighted by Crippen LogP contribution is 2.24. The molecule has 1 heterocycles. The lowest BCUT2D eigenvalue weighted by molar-refractivity contribution is 0.0585. The average Bonchev–Trinajstić information content (AvgIpc) is 2.43. The Kier molecular flexibility index (Phi) is 4.80. The Morgan fingerprint density at radius 1 is 1.33 bits per heavy atom. The monoisotopic (exact) mass is 320 g/mol. The van der Waals surface area contributed by atoms with E-state index in [0.717, 1.165) is 25.0 Å². The van der Waals surface area contributed by atoms with E-state index in [1.54, 1.807) is 6.92 Å². The lowest BCUT2D eigenvalue weighted by Gasteiger charge is -2.28. The van der Waals surface area contributed by atoms with Crippen LogP contribution in [0.5, 0.6) is 0 Å². The predicted octanol–water partition coefficient (Wildman–Crippen LogP) is 1.64. The summed E-state index contributed by atoms with van der Waals surface area (Å²) in [5.41, 5.74) is 5.24. The second-order valence-corrected chi connectivity index (χ2v) is 6.86. The first kappa shape index (κ1) is 16.1. The van der Waals surface area contributed by atoms with Crippen LogP contribution in [0.15, 0.2) is 17.0 Å². The zero-order valence-corrected chi connectivity index (χ0v) is 12.4. The molecule has 118 valence electrons. The molecular formula is C13H18F2N2O3S. The summed E-state index contributed by atoms with van der Waals surface area (Å²) < 4.78 is 59.0. The highest BCUT2D eigenvalue weighted by Gasteiger charge is 2.28. The fourth-order valence-electron chi connectivity index (χ4n) is 2.40. The molecule has 2 rings (SSSR count). The number of ether oxygens (including phenoxy) is 1. The summed E-state index contributed by atoms with van der Waals surface area (Å²) in [4.78, 5) is -0.765. The van der Waals surface area contributed by atoms with Crippen LogP contribution < -0.4 is 10.5 Å². The maximum Gasteiger partial charge on any atom is 0.243 e. The summed E-state index contributed by atoms with van der Waals surface area (Å²) in [5, 5.41) is 0. The van der Waals surface area contributed by atoms with Crippen LogP contribution in [0.4, 0.5) is 14.5 Å². The van der Waals surface area contributed by atoms with E-state index in [0.29, 0.717) is 13.2 Å². The molecule has 0 aromatic heterocycles.